The molecule has 3 aromatic rings. The Morgan fingerprint density at radius 3 is 2.69 bits per heavy atom. The minimum atomic E-state index is 0.0636. The molecule has 1 fully saturated rings. The van der Waals surface area contributed by atoms with Crippen LogP contribution in [0.2, 0.25) is 0 Å². The standard InChI is InChI=1S/C25H30N4O2S/c1-19-9-8-14-22(15-19)31-17-23-27-28-25(29(23)16-20-10-4-2-5-11-20)32-18-24(30)26-21-12-6-3-7-13-21/h2,4-5,8-11,14-15,21H,3,6-7,12-13,16-18H2,1H3,(H,26,30). The molecule has 0 radical (unpaired) electrons. The normalized spacial score (nSPS) is 14.3. The van der Waals surface area contributed by atoms with Crippen LogP contribution in [0.25, 0.3) is 0 Å². The summed E-state index contributed by atoms with van der Waals surface area (Å²) in [6.45, 7) is 2.99. The Morgan fingerprint density at radius 1 is 1.09 bits per heavy atom. The number of ether oxygens (including phenoxy) is 1. The zero-order valence-electron chi connectivity index (χ0n) is 18.5. The number of nitrogens with zero attached hydrogens (tertiary/aromatic N) is 3. The Hall–Kier alpha value is -2.80. The first kappa shape index (κ1) is 22.4. The fourth-order valence-electron chi connectivity index (χ4n) is 3.96. The van der Waals surface area contributed by atoms with E-state index in [1.54, 1.807) is 0 Å². The second-order valence-corrected chi connectivity index (χ2v) is 9.21. The van der Waals surface area contributed by atoms with E-state index in [-0.39, 0.29) is 5.91 Å². The Balaban J connectivity index is 1.43. The molecule has 2 aromatic carbocycles. The van der Waals surface area contributed by atoms with Crippen molar-refractivity contribution in [3.8, 4) is 5.75 Å². The topological polar surface area (TPSA) is 69.0 Å². The minimum Gasteiger partial charge on any atom is -0.486 e. The second kappa shape index (κ2) is 11.2. The van der Waals surface area contributed by atoms with Gasteiger partial charge in [-0.3, -0.25) is 9.36 Å². The number of aromatic nitrogens is 3. The van der Waals surface area contributed by atoms with E-state index in [4.69, 9.17) is 4.74 Å². The van der Waals surface area contributed by atoms with Crippen LogP contribution in [0.4, 0.5) is 0 Å². The van der Waals surface area contributed by atoms with Crippen molar-refractivity contribution in [3.05, 3.63) is 71.5 Å². The predicted molar refractivity (Wildman–Crippen MR) is 127 cm³/mol. The summed E-state index contributed by atoms with van der Waals surface area (Å²) < 4.78 is 8.02. The zero-order valence-corrected chi connectivity index (χ0v) is 19.3. The van der Waals surface area contributed by atoms with E-state index in [1.165, 1.54) is 31.0 Å². The molecular formula is C25H30N4O2S. The second-order valence-electron chi connectivity index (χ2n) is 8.27. The van der Waals surface area contributed by atoms with Gasteiger partial charge in [0, 0.05) is 6.04 Å². The third-order valence-corrected chi connectivity index (χ3v) is 6.60. The van der Waals surface area contributed by atoms with Crippen molar-refractivity contribution in [1.82, 2.24) is 20.1 Å². The highest BCUT2D eigenvalue weighted by molar-refractivity contribution is 7.99. The Labute approximate surface area is 193 Å². The number of carbonyl (C=O) groups is 1. The molecule has 7 heteroatoms. The van der Waals surface area contributed by atoms with Crippen molar-refractivity contribution in [3.63, 3.8) is 0 Å². The summed E-state index contributed by atoms with van der Waals surface area (Å²) in [5.74, 6) is 1.95. The van der Waals surface area contributed by atoms with Crippen LogP contribution < -0.4 is 10.1 Å². The molecule has 0 atom stereocenters. The van der Waals surface area contributed by atoms with Crippen molar-refractivity contribution in [2.75, 3.05) is 5.75 Å². The van der Waals surface area contributed by atoms with E-state index in [9.17, 15) is 4.79 Å². The maximum atomic E-state index is 12.5. The highest BCUT2D eigenvalue weighted by atomic mass is 32.2. The van der Waals surface area contributed by atoms with E-state index in [0.29, 0.717) is 24.9 Å². The van der Waals surface area contributed by atoms with E-state index in [1.807, 2.05) is 54.0 Å². The summed E-state index contributed by atoms with van der Waals surface area (Å²) in [4.78, 5) is 12.5. The highest BCUT2D eigenvalue weighted by Gasteiger charge is 2.18. The van der Waals surface area contributed by atoms with Gasteiger partial charge in [-0.05, 0) is 43.0 Å². The van der Waals surface area contributed by atoms with Crippen LogP contribution in [-0.2, 0) is 17.9 Å². The van der Waals surface area contributed by atoms with E-state index in [0.717, 1.165) is 40.7 Å². The van der Waals surface area contributed by atoms with Crippen molar-refractivity contribution in [2.24, 2.45) is 0 Å². The Morgan fingerprint density at radius 2 is 1.91 bits per heavy atom. The van der Waals surface area contributed by atoms with Gasteiger partial charge < -0.3 is 10.1 Å². The first-order valence-corrected chi connectivity index (χ1v) is 12.2. The van der Waals surface area contributed by atoms with Crippen LogP contribution in [0.5, 0.6) is 5.75 Å². The molecule has 0 unspecified atom stereocenters. The highest BCUT2D eigenvalue weighted by Crippen LogP contribution is 2.22. The van der Waals surface area contributed by atoms with Gasteiger partial charge >= 0.3 is 0 Å². The van der Waals surface area contributed by atoms with Crippen LogP contribution in [0.3, 0.4) is 0 Å². The third kappa shape index (κ3) is 6.36. The lowest BCUT2D eigenvalue weighted by molar-refractivity contribution is -0.119. The molecule has 1 heterocycles. The third-order valence-electron chi connectivity index (χ3n) is 5.64. The smallest absolute Gasteiger partial charge is 0.230 e. The van der Waals surface area contributed by atoms with Gasteiger partial charge in [0.1, 0.15) is 12.4 Å². The van der Waals surface area contributed by atoms with Gasteiger partial charge in [0.25, 0.3) is 0 Å². The first-order valence-electron chi connectivity index (χ1n) is 11.2. The van der Waals surface area contributed by atoms with Crippen LogP contribution in [0.1, 0.15) is 49.1 Å². The lowest BCUT2D eigenvalue weighted by atomic mass is 9.95. The summed E-state index contributed by atoms with van der Waals surface area (Å²) in [6.07, 6.45) is 5.85. The molecule has 0 bridgehead atoms. The zero-order chi connectivity index (χ0) is 22.2. The van der Waals surface area contributed by atoms with Crippen molar-refractivity contribution in [2.45, 2.75) is 63.4 Å². The van der Waals surface area contributed by atoms with Gasteiger partial charge in [-0.25, -0.2) is 0 Å². The Kier molecular flexibility index (Phi) is 7.82. The van der Waals surface area contributed by atoms with Crippen LogP contribution in [0.15, 0.2) is 59.8 Å². The minimum absolute atomic E-state index is 0.0636. The molecule has 168 valence electrons. The average molecular weight is 451 g/mol. The van der Waals surface area contributed by atoms with Crippen LogP contribution >= 0.6 is 11.8 Å². The quantitative estimate of drug-likeness (QED) is 0.476. The number of hydrogen-bond donors (Lipinski definition) is 1. The molecular weight excluding hydrogens is 420 g/mol. The van der Waals surface area contributed by atoms with Gasteiger partial charge in [0.05, 0.1) is 12.3 Å². The number of carbonyl (C=O) groups excluding carboxylic acids is 1. The number of benzene rings is 2. The molecule has 6 nitrogen and oxygen atoms in total. The van der Waals surface area contributed by atoms with Gasteiger partial charge in [-0.1, -0.05) is 73.5 Å². The number of nitrogens with one attached hydrogen (secondary N) is 1. The maximum Gasteiger partial charge on any atom is 0.230 e. The molecule has 1 aliphatic carbocycles. The fraction of sp³-hybridized carbons (Fsp3) is 0.400. The van der Waals surface area contributed by atoms with Gasteiger partial charge in [-0.2, -0.15) is 0 Å². The van der Waals surface area contributed by atoms with Gasteiger partial charge in [0.2, 0.25) is 5.91 Å². The summed E-state index contributed by atoms with van der Waals surface area (Å²) in [5, 5.41) is 12.7. The molecule has 1 saturated carbocycles. The largest absolute Gasteiger partial charge is 0.486 e. The summed E-state index contributed by atoms with van der Waals surface area (Å²) >= 11 is 1.43. The van der Waals surface area contributed by atoms with E-state index < -0.39 is 0 Å². The van der Waals surface area contributed by atoms with Crippen molar-refractivity contribution < 1.29 is 9.53 Å². The summed E-state index contributed by atoms with van der Waals surface area (Å²) in [7, 11) is 0. The SMILES string of the molecule is Cc1cccc(OCc2nnc(SCC(=O)NC3CCCCC3)n2Cc2ccccc2)c1. The van der Waals surface area contributed by atoms with Gasteiger partial charge in [0.15, 0.2) is 11.0 Å². The molecule has 0 saturated heterocycles. The summed E-state index contributed by atoms with van der Waals surface area (Å²) in [6, 6.07) is 18.5. The van der Waals surface area contributed by atoms with Crippen LogP contribution in [-0.4, -0.2) is 32.5 Å². The molecule has 0 aliphatic heterocycles. The number of amides is 1. The maximum absolute atomic E-state index is 12.5. The molecule has 0 spiro atoms. The number of rotatable bonds is 9. The van der Waals surface area contributed by atoms with Crippen LogP contribution in [0, 0.1) is 6.92 Å². The van der Waals surface area contributed by atoms with Gasteiger partial charge in [-0.15, -0.1) is 10.2 Å². The summed E-state index contributed by atoms with van der Waals surface area (Å²) in [5.41, 5.74) is 2.30. The molecule has 1 N–H and O–H groups in total. The van der Waals surface area contributed by atoms with Crippen molar-refractivity contribution >= 4 is 17.7 Å². The fourth-order valence-corrected chi connectivity index (χ4v) is 4.72. The molecule has 1 aliphatic rings. The number of thioether (sulfide) groups is 1. The Bertz CT molecular complexity index is 1020. The predicted octanol–water partition coefficient (Wildman–Crippen LogP) is 4.75. The lowest BCUT2D eigenvalue weighted by Crippen LogP contribution is -2.37. The lowest BCUT2D eigenvalue weighted by Gasteiger charge is -2.22. The van der Waals surface area contributed by atoms with E-state index >= 15 is 0 Å². The van der Waals surface area contributed by atoms with Crippen molar-refractivity contribution in [1.29, 1.82) is 0 Å². The average Bonchev–Trinajstić information content (AvgIpc) is 3.19. The molecule has 1 amide bonds. The molecule has 1 aromatic heterocycles. The first-order chi connectivity index (χ1) is 15.7. The molecule has 32 heavy (non-hydrogen) atoms. The monoisotopic (exact) mass is 450 g/mol. The number of aryl methyl sites for hydroxylation is 1. The number of hydrogen-bond acceptors (Lipinski definition) is 5. The molecule has 4 rings (SSSR count). The van der Waals surface area contributed by atoms with E-state index in [2.05, 4.69) is 27.6 Å².